The maximum absolute atomic E-state index is 15.3. The van der Waals surface area contributed by atoms with Crippen molar-refractivity contribution >= 4 is 16.9 Å². The van der Waals surface area contributed by atoms with Crippen molar-refractivity contribution in [2.45, 2.75) is 83.1 Å². The Kier molecular flexibility index (Phi) is 12.4. The third kappa shape index (κ3) is 7.77. The maximum atomic E-state index is 15.3. The zero-order valence-electron chi connectivity index (χ0n) is 35.4. The highest BCUT2D eigenvalue weighted by Crippen LogP contribution is 2.50. The molecule has 1 aromatic heterocycles. The molecule has 0 saturated carbocycles. The van der Waals surface area contributed by atoms with Crippen LogP contribution in [-0.2, 0) is 27.1 Å². The summed E-state index contributed by atoms with van der Waals surface area (Å²) < 4.78 is 42.2. The van der Waals surface area contributed by atoms with Gasteiger partial charge in [0.1, 0.15) is 5.58 Å². The molecule has 11 nitrogen and oxygen atoms in total. The molecule has 3 aromatic carbocycles. The third-order valence-electron chi connectivity index (χ3n) is 13.6. The van der Waals surface area contributed by atoms with E-state index < -0.39 is 6.29 Å². The summed E-state index contributed by atoms with van der Waals surface area (Å²) in [5, 5.41) is 10.9. The fourth-order valence-corrected chi connectivity index (χ4v) is 10.6. The highest BCUT2D eigenvalue weighted by Gasteiger charge is 2.45. The van der Waals surface area contributed by atoms with E-state index in [2.05, 4.69) is 42.2 Å². The van der Waals surface area contributed by atoms with Crippen molar-refractivity contribution in [1.29, 1.82) is 0 Å². The Labute approximate surface area is 348 Å². The molecular formula is C48H60N2O9. The van der Waals surface area contributed by atoms with E-state index in [1.54, 1.807) is 34.7 Å². The van der Waals surface area contributed by atoms with Crippen LogP contribution in [0.1, 0.15) is 91.8 Å². The van der Waals surface area contributed by atoms with Gasteiger partial charge in [0.15, 0.2) is 28.8 Å². The van der Waals surface area contributed by atoms with Gasteiger partial charge in [0.05, 0.1) is 40.7 Å². The molecule has 4 aliphatic heterocycles. The number of amides is 1. The van der Waals surface area contributed by atoms with Gasteiger partial charge < -0.3 is 42.8 Å². The molecule has 1 saturated heterocycles. The van der Waals surface area contributed by atoms with E-state index in [-0.39, 0.29) is 42.2 Å². The number of hydrogen-bond donors (Lipinski definition) is 1. The van der Waals surface area contributed by atoms with E-state index in [4.69, 9.17) is 32.8 Å². The molecule has 5 heterocycles. The van der Waals surface area contributed by atoms with Crippen molar-refractivity contribution in [1.82, 2.24) is 9.80 Å². The van der Waals surface area contributed by atoms with Crippen LogP contribution < -0.4 is 18.9 Å². The summed E-state index contributed by atoms with van der Waals surface area (Å²) in [6.07, 6.45) is 8.81. The zero-order valence-corrected chi connectivity index (χ0v) is 35.4. The lowest BCUT2D eigenvalue weighted by Gasteiger charge is -2.49. The molecule has 4 aliphatic rings. The largest absolute Gasteiger partial charge is 0.493 e. The van der Waals surface area contributed by atoms with Crippen molar-refractivity contribution in [3.63, 3.8) is 0 Å². The Balaban J connectivity index is 1.18. The molecule has 7 atom stereocenters. The molecule has 0 aliphatic carbocycles. The number of carbonyl (C=O) groups is 1. The molecule has 1 fully saturated rings. The number of methoxy groups -OCH3 is 4. The molecule has 0 bridgehead atoms. The van der Waals surface area contributed by atoms with Crippen LogP contribution in [0.25, 0.3) is 11.0 Å². The first kappa shape index (κ1) is 41.0. The van der Waals surface area contributed by atoms with Crippen LogP contribution in [-0.4, -0.2) is 88.4 Å². The zero-order chi connectivity index (χ0) is 41.2. The van der Waals surface area contributed by atoms with Gasteiger partial charge in [-0.3, -0.25) is 9.69 Å². The molecule has 1 N–H and O–H groups in total. The third-order valence-corrected chi connectivity index (χ3v) is 13.6. The number of furan rings is 1. The Hall–Kier alpha value is -4.71. The number of carbonyl (C=O) groups excluding carboxylic acids is 1. The van der Waals surface area contributed by atoms with Crippen LogP contribution in [0.5, 0.6) is 23.0 Å². The number of piperidine rings is 1. The van der Waals surface area contributed by atoms with Crippen LogP contribution in [0.3, 0.4) is 0 Å². The second kappa shape index (κ2) is 17.9. The van der Waals surface area contributed by atoms with E-state index in [0.29, 0.717) is 55.7 Å². The molecule has 1 amide bonds. The van der Waals surface area contributed by atoms with E-state index >= 15 is 4.79 Å². The molecular weight excluding hydrogens is 749 g/mol. The lowest BCUT2D eigenvalue weighted by molar-refractivity contribution is -0.171. The summed E-state index contributed by atoms with van der Waals surface area (Å²) in [5.74, 6) is 3.41. The van der Waals surface area contributed by atoms with Crippen LogP contribution >= 0.6 is 0 Å². The normalized spacial score (nSPS) is 25.3. The van der Waals surface area contributed by atoms with Crippen LogP contribution in [0, 0.1) is 17.8 Å². The van der Waals surface area contributed by atoms with Gasteiger partial charge in [0.2, 0.25) is 6.29 Å². The minimum Gasteiger partial charge on any atom is -0.493 e. The fraction of sp³-hybridized carbons (Fsp3) is 0.521. The van der Waals surface area contributed by atoms with Gasteiger partial charge in [-0.15, -0.1) is 0 Å². The minimum atomic E-state index is -0.676. The van der Waals surface area contributed by atoms with E-state index in [1.165, 1.54) is 16.7 Å². The van der Waals surface area contributed by atoms with Gasteiger partial charge in [0.25, 0.3) is 5.91 Å². The van der Waals surface area contributed by atoms with Crippen molar-refractivity contribution in [3.05, 3.63) is 94.4 Å². The number of fused-ring (bicyclic) bond motifs is 5. The molecule has 7 unspecified atom stereocenters. The quantitative estimate of drug-likeness (QED) is 0.133. The van der Waals surface area contributed by atoms with Crippen molar-refractivity contribution in [3.8, 4) is 23.0 Å². The average molecular weight is 809 g/mol. The second-order valence-electron chi connectivity index (χ2n) is 16.5. The lowest BCUT2D eigenvalue weighted by atomic mass is 9.72. The minimum absolute atomic E-state index is 0.0542. The van der Waals surface area contributed by atoms with E-state index in [1.807, 2.05) is 36.1 Å². The van der Waals surface area contributed by atoms with Gasteiger partial charge in [0, 0.05) is 61.7 Å². The molecule has 0 spiro atoms. The average Bonchev–Trinajstić information content (AvgIpc) is 3.71. The fourth-order valence-electron chi connectivity index (χ4n) is 10.6. The Morgan fingerprint density at radius 1 is 0.847 bits per heavy atom. The number of aliphatic hydroxyl groups is 1. The molecule has 316 valence electrons. The first-order chi connectivity index (χ1) is 28.8. The van der Waals surface area contributed by atoms with E-state index in [9.17, 15) is 5.11 Å². The van der Waals surface area contributed by atoms with Crippen LogP contribution in [0.15, 0.2) is 71.0 Å². The number of nitrogens with zero attached hydrogens (tertiary/aromatic N) is 2. The number of ether oxygens (including phenoxy) is 6. The summed E-state index contributed by atoms with van der Waals surface area (Å²) >= 11 is 0. The number of aliphatic hydroxyl groups excluding tert-OH is 1. The van der Waals surface area contributed by atoms with E-state index in [0.717, 1.165) is 72.4 Å². The topological polar surface area (TPSA) is 112 Å². The van der Waals surface area contributed by atoms with Crippen molar-refractivity contribution in [2.24, 2.45) is 17.8 Å². The Bertz CT molecular complexity index is 2150. The number of benzene rings is 3. The van der Waals surface area contributed by atoms with Crippen molar-refractivity contribution in [2.75, 3.05) is 61.3 Å². The predicted molar refractivity (Wildman–Crippen MR) is 225 cm³/mol. The number of allylic oxidation sites excluding steroid dienone is 1. The number of hydrogen-bond acceptors (Lipinski definition) is 10. The Morgan fingerprint density at radius 2 is 1.53 bits per heavy atom. The summed E-state index contributed by atoms with van der Waals surface area (Å²) in [7, 11) is 6.73. The standard InChI is InChI=1S/C48H60N2O9/c1-7-29-27-49-17-15-30-22-42(53-3)44(55-5)24-35(30)39(49)20-32(29)21-40-36-25-45(56-6)43(54-4)23-31(36)16-18-50(40)47(52)46-26-37(34(13-11-19-51)48(59-46)57-8-2)38-28-58-41-14-10-9-12-33(38)41/h9-10,12,14,22-26,28-29,32,34,37,39-40,48,51H,7-8,11,13,15-21,27H2,1-6H3. The highest BCUT2D eigenvalue weighted by molar-refractivity contribution is 5.93. The van der Waals surface area contributed by atoms with Crippen molar-refractivity contribution < 1.29 is 42.7 Å². The number of para-hydroxylation sites is 1. The number of rotatable bonds is 14. The highest BCUT2D eigenvalue weighted by atomic mass is 16.7. The first-order valence-electron chi connectivity index (χ1n) is 21.5. The van der Waals surface area contributed by atoms with Gasteiger partial charge in [-0.2, -0.15) is 0 Å². The lowest BCUT2D eigenvalue weighted by Crippen LogP contribution is -2.48. The summed E-state index contributed by atoms with van der Waals surface area (Å²) in [6, 6.07) is 16.5. The summed E-state index contributed by atoms with van der Waals surface area (Å²) in [4.78, 5) is 20.0. The molecule has 0 radical (unpaired) electrons. The van der Waals surface area contributed by atoms with Crippen LogP contribution in [0.4, 0.5) is 0 Å². The molecule has 11 heteroatoms. The smallest absolute Gasteiger partial charge is 0.289 e. The SMILES string of the molecule is CCOC1OC(C(=O)N2CCc3cc(OC)c(OC)cc3C2CC2CC3c4cc(OC)c(OC)cc4CCN3CC2CC)=CC(c2coc3ccccc23)C1CCCO. The molecule has 59 heavy (non-hydrogen) atoms. The first-order valence-corrected chi connectivity index (χ1v) is 21.5. The van der Waals surface area contributed by atoms with Gasteiger partial charge in [-0.25, -0.2) is 0 Å². The van der Waals surface area contributed by atoms with Gasteiger partial charge in [-0.05, 0) is 116 Å². The molecule has 4 aromatic rings. The van der Waals surface area contributed by atoms with Crippen LogP contribution in [0.2, 0.25) is 0 Å². The molecule has 8 rings (SSSR count). The predicted octanol–water partition coefficient (Wildman–Crippen LogP) is 8.38. The summed E-state index contributed by atoms with van der Waals surface area (Å²) in [5.41, 5.74) is 6.66. The van der Waals surface area contributed by atoms with Gasteiger partial charge >= 0.3 is 0 Å². The second-order valence-corrected chi connectivity index (χ2v) is 16.5. The monoisotopic (exact) mass is 808 g/mol. The Morgan fingerprint density at radius 3 is 2.22 bits per heavy atom. The summed E-state index contributed by atoms with van der Waals surface area (Å²) in [6.45, 7) is 7.25. The maximum Gasteiger partial charge on any atom is 0.289 e. The van der Waals surface area contributed by atoms with Gasteiger partial charge in [-0.1, -0.05) is 31.5 Å².